The molecule has 0 N–H and O–H groups in total. The predicted octanol–water partition coefficient (Wildman–Crippen LogP) is 5.37. The number of carbonyl (C=O) groups excluding carboxylic acids is 4. The topological polar surface area (TPSA) is 81.2 Å². The van der Waals surface area contributed by atoms with Crippen molar-refractivity contribution in [1.82, 2.24) is 0 Å². The minimum atomic E-state index is -0.0632. The van der Waals surface area contributed by atoms with Crippen molar-refractivity contribution in [2.24, 2.45) is 0 Å². The Bertz CT molecular complexity index is 1480. The molecule has 224 valence electrons. The van der Waals surface area contributed by atoms with Gasteiger partial charge in [0.25, 0.3) is 0 Å². The smallest absolute Gasteiger partial charge is 0.247 e. The van der Waals surface area contributed by atoms with E-state index in [0.29, 0.717) is 0 Å². The summed E-state index contributed by atoms with van der Waals surface area (Å²) in [6.45, 7) is 8.20. The van der Waals surface area contributed by atoms with Gasteiger partial charge in [-0.2, -0.15) is 0 Å². The van der Waals surface area contributed by atoms with Gasteiger partial charge in [0.15, 0.2) is 0 Å². The highest BCUT2D eigenvalue weighted by molar-refractivity contribution is 6.13. The molecule has 4 aromatic carbocycles. The first-order valence-electron chi connectivity index (χ1n) is 14.6. The van der Waals surface area contributed by atoms with Gasteiger partial charge >= 0.3 is 0 Å². The van der Waals surface area contributed by atoms with Crippen LogP contribution in [0, 0.1) is 27.7 Å². The third kappa shape index (κ3) is 6.86. The van der Waals surface area contributed by atoms with Crippen molar-refractivity contribution < 1.29 is 19.2 Å². The van der Waals surface area contributed by atoms with E-state index >= 15 is 0 Å². The van der Waals surface area contributed by atoms with Crippen LogP contribution in [0.4, 0.5) is 22.7 Å². The fraction of sp³-hybridized carbons (Fsp3) is 0.222. The molecule has 0 unspecified atom stereocenters. The van der Waals surface area contributed by atoms with Crippen molar-refractivity contribution in [3.8, 4) is 0 Å². The van der Waals surface area contributed by atoms with Crippen molar-refractivity contribution in [3.63, 3.8) is 0 Å². The van der Waals surface area contributed by atoms with Gasteiger partial charge in [-0.1, -0.05) is 48.5 Å². The molecular weight excluding hydrogens is 552 g/mol. The molecule has 2 aliphatic rings. The van der Waals surface area contributed by atoms with Crippen molar-refractivity contribution in [2.45, 2.75) is 27.7 Å². The number of anilines is 4. The summed E-state index contributed by atoms with van der Waals surface area (Å²) < 4.78 is 0. The number of nitrogens with zero attached hydrogens (tertiary/aromatic N) is 4. The van der Waals surface area contributed by atoms with Crippen LogP contribution >= 0.6 is 0 Å². The first-order chi connectivity index (χ1) is 21.1. The van der Waals surface area contributed by atoms with Crippen molar-refractivity contribution in [1.29, 1.82) is 0 Å². The molecule has 2 aliphatic heterocycles. The molecule has 0 radical (unpaired) electrons. The van der Waals surface area contributed by atoms with E-state index in [1.54, 1.807) is 19.6 Å². The average molecular weight is 589 g/mol. The number of hydrogen-bond donors (Lipinski definition) is 0. The maximum absolute atomic E-state index is 12.5. The van der Waals surface area contributed by atoms with Crippen molar-refractivity contribution in [3.05, 3.63) is 119 Å². The van der Waals surface area contributed by atoms with E-state index in [9.17, 15) is 19.2 Å². The maximum Gasteiger partial charge on any atom is 0.247 e. The largest absolute Gasteiger partial charge is 0.301 e. The number of piperazine rings is 2. The van der Waals surface area contributed by atoms with Crippen LogP contribution in [0.3, 0.4) is 0 Å². The lowest BCUT2D eigenvalue weighted by atomic mass is 10.1. The molecule has 0 spiro atoms. The van der Waals surface area contributed by atoms with Crippen LogP contribution in [0.2, 0.25) is 0 Å². The molecule has 4 aromatic rings. The Hall–Kier alpha value is -5.24. The second-order valence-electron chi connectivity index (χ2n) is 11.3. The van der Waals surface area contributed by atoms with Gasteiger partial charge in [-0.05, 0) is 98.5 Å². The Balaban J connectivity index is 0.000000175. The summed E-state index contributed by atoms with van der Waals surface area (Å²) >= 11 is 0. The minimum Gasteiger partial charge on any atom is -0.301 e. The van der Waals surface area contributed by atoms with E-state index < -0.39 is 0 Å². The Kier molecular flexibility index (Phi) is 8.90. The van der Waals surface area contributed by atoms with Crippen LogP contribution < -0.4 is 19.6 Å². The van der Waals surface area contributed by atoms with Gasteiger partial charge in [-0.25, -0.2) is 0 Å². The van der Waals surface area contributed by atoms with Crippen LogP contribution in [0.5, 0.6) is 0 Å². The molecule has 0 bridgehead atoms. The van der Waals surface area contributed by atoms with Crippen molar-refractivity contribution in [2.75, 3.05) is 45.8 Å². The summed E-state index contributed by atoms with van der Waals surface area (Å²) in [5.74, 6) is -0.253. The van der Waals surface area contributed by atoms with Crippen molar-refractivity contribution >= 4 is 46.4 Å². The fourth-order valence-corrected chi connectivity index (χ4v) is 5.36. The van der Waals surface area contributed by atoms with Crippen LogP contribution in [0.15, 0.2) is 97.1 Å². The summed E-state index contributed by atoms with van der Waals surface area (Å²) in [5, 5.41) is 0. The molecule has 2 saturated heterocycles. The first-order valence-corrected chi connectivity index (χ1v) is 14.6. The SMILES string of the molecule is Cc1cccc(N2CC(=O)N(c3cccc(C)c3)CC2=O)c1.Cc1cccc(N2CC(=O)N(c3cccc(C)c3)CC2=O)c1. The molecular formula is C36H36N4O4. The van der Waals surface area contributed by atoms with Gasteiger partial charge in [0.05, 0.1) is 0 Å². The number of benzene rings is 4. The Morgan fingerprint density at radius 3 is 0.750 bits per heavy atom. The number of carbonyl (C=O) groups is 4. The Morgan fingerprint density at radius 2 is 0.568 bits per heavy atom. The highest BCUT2D eigenvalue weighted by atomic mass is 16.2. The lowest BCUT2D eigenvalue weighted by Gasteiger charge is -2.34. The van der Waals surface area contributed by atoms with E-state index in [2.05, 4.69) is 0 Å². The first kappa shape index (κ1) is 30.2. The lowest BCUT2D eigenvalue weighted by molar-refractivity contribution is -0.125. The number of hydrogen-bond acceptors (Lipinski definition) is 4. The summed E-state index contributed by atoms with van der Waals surface area (Å²) in [4.78, 5) is 56.0. The molecule has 8 nitrogen and oxygen atoms in total. The summed E-state index contributed by atoms with van der Waals surface area (Å²) in [6.07, 6.45) is 0. The van der Waals surface area contributed by atoms with Crippen LogP contribution in [0.25, 0.3) is 0 Å². The second-order valence-corrected chi connectivity index (χ2v) is 11.3. The molecule has 44 heavy (non-hydrogen) atoms. The van der Waals surface area contributed by atoms with E-state index in [0.717, 1.165) is 45.0 Å². The Labute approximate surface area is 258 Å². The fourth-order valence-electron chi connectivity index (χ4n) is 5.36. The number of amides is 4. The van der Waals surface area contributed by atoms with E-state index in [-0.39, 0.29) is 49.8 Å². The number of aryl methyl sites for hydroxylation is 4. The molecule has 0 atom stereocenters. The Morgan fingerprint density at radius 1 is 0.364 bits per heavy atom. The summed E-state index contributed by atoms with van der Waals surface area (Å²) in [7, 11) is 0. The number of rotatable bonds is 4. The molecule has 2 fully saturated rings. The van der Waals surface area contributed by atoms with Gasteiger partial charge in [-0.3, -0.25) is 19.2 Å². The van der Waals surface area contributed by atoms with E-state index in [4.69, 9.17) is 0 Å². The molecule has 2 heterocycles. The zero-order valence-electron chi connectivity index (χ0n) is 25.5. The normalized spacial score (nSPS) is 15.4. The summed E-state index contributed by atoms with van der Waals surface area (Å²) in [5.41, 5.74) is 7.39. The van der Waals surface area contributed by atoms with Gasteiger partial charge < -0.3 is 19.6 Å². The third-order valence-corrected chi connectivity index (χ3v) is 7.63. The zero-order chi connectivity index (χ0) is 31.4. The molecule has 4 amide bonds. The third-order valence-electron chi connectivity index (χ3n) is 7.63. The standard InChI is InChI=1S/2C18H18N2O2/c2*1-13-5-3-7-15(9-13)19-11-18(22)20(12-17(19)21)16-8-4-6-14(2)10-16/h2*3-10H,11-12H2,1-2H3. The molecule has 0 aromatic heterocycles. The van der Waals surface area contributed by atoms with Gasteiger partial charge in [0.2, 0.25) is 23.6 Å². The van der Waals surface area contributed by atoms with Gasteiger partial charge in [0, 0.05) is 22.7 Å². The quantitative estimate of drug-likeness (QED) is 0.321. The van der Waals surface area contributed by atoms with Crippen LogP contribution in [-0.2, 0) is 19.2 Å². The molecule has 0 aliphatic carbocycles. The second kappa shape index (κ2) is 13.0. The highest BCUT2D eigenvalue weighted by Gasteiger charge is 2.33. The zero-order valence-corrected chi connectivity index (χ0v) is 25.5. The van der Waals surface area contributed by atoms with Crippen LogP contribution in [-0.4, -0.2) is 49.8 Å². The highest BCUT2D eigenvalue weighted by Crippen LogP contribution is 2.25. The van der Waals surface area contributed by atoms with E-state index in [1.165, 1.54) is 0 Å². The van der Waals surface area contributed by atoms with E-state index in [1.807, 2.05) is 125 Å². The van der Waals surface area contributed by atoms with Gasteiger partial charge in [0.1, 0.15) is 26.2 Å². The molecule has 0 saturated carbocycles. The molecule has 8 heteroatoms. The minimum absolute atomic E-state index is 0.0632. The lowest BCUT2D eigenvalue weighted by Crippen LogP contribution is -2.54. The van der Waals surface area contributed by atoms with Gasteiger partial charge in [-0.15, -0.1) is 0 Å². The van der Waals surface area contributed by atoms with Crippen LogP contribution in [0.1, 0.15) is 22.3 Å². The molecule has 6 rings (SSSR count). The average Bonchev–Trinajstić information content (AvgIpc) is 2.99. The monoisotopic (exact) mass is 588 g/mol. The maximum atomic E-state index is 12.5. The summed E-state index contributed by atoms with van der Waals surface area (Å²) in [6, 6.07) is 30.6. The predicted molar refractivity (Wildman–Crippen MR) is 174 cm³/mol.